The van der Waals surface area contributed by atoms with Gasteiger partial charge in [0.25, 0.3) is 0 Å². The van der Waals surface area contributed by atoms with Gasteiger partial charge in [0.05, 0.1) is 0 Å². The maximum atomic E-state index is 12.1. The highest BCUT2D eigenvalue weighted by molar-refractivity contribution is 6.43. The maximum absolute atomic E-state index is 12.1. The average molecular weight is 404 g/mol. The molecule has 2 rings (SSSR count). The first-order valence-electron chi connectivity index (χ1n) is 8.95. The van der Waals surface area contributed by atoms with Gasteiger partial charge in [-0.15, -0.1) is 12.4 Å². The van der Waals surface area contributed by atoms with E-state index in [1.54, 1.807) is 12.1 Å². The van der Waals surface area contributed by atoms with Crippen LogP contribution in [0, 0.1) is 0 Å². The number of rotatable bonds is 7. The molecule has 1 aromatic carbocycles. The number of esters is 1. The van der Waals surface area contributed by atoms with Gasteiger partial charge < -0.3 is 14.8 Å². The van der Waals surface area contributed by atoms with Gasteiger partial charge in [0.1, 0.15) is 0 Å². The zero-order valence-corrected chi connectivity index (χ0v) is 16.6. The van der Waals surface area contributed by atoms with Crippen molar-refractivity contribution in [1.29, 1.82) is 0 Å². The predicted molar refractivity (Wildman–Crippen MR) is 106 cm³/mol. The summed E-state index contributed by atoms with van der Waals surface area (Å²) in [7, 11) is -1.49. The minimum atomic E-state index is -1.49. The van der Waals surface area contributed by atoms with E-state index in [0.717, 1.165) is 24.8 Å². The van der Waals surface area contributed by atoms with Crippen molar-refractivity contribution < 1.29 is 19.6 Å². The number of hydrogen-bond donors (Lipinski definition) is 3. The van der Waals surface area contributed by atoms with Gasteiger partial charge in [0.2, 0.25) is 0 Å². The normalized spacial score (nSPS) is 25.3. The average Bonchev–Trinajstić information content (AvgIpc) is 2.54. The Bertz CT molecular complexity index is 573. The molecule has 0 radical (unpaired) electrons. The van der Waals surface area contributed by atoms with Crippen molar-refractivity contribution >= 4 is 37.1 Å². The van der Waals surface area contributed by atoms with E-state index in [-0.39, 0.29) is 30.7 Å². The van der Waals surface area contributed by atoms with Crippen molar-refractivity contribution in [3.8, 4) is 0 Å². The van der Waals surface area contributed by atoms with Crippen LogP contribution in [0.15, 0.2) is 24.3 Å². The van der Waals surface area contributed by atoms with Crippen LogP contribution in [0.1, 0.15) is 63.4 Å². The molecule has 0 heterocycles. The molecule has 26 heavy (non-hydrogen) atoms. The Balaban J connectivity index is 0.00000338. The zero-order chi connectivity index (χ0) is 18.4. The Labute approximate surface area is 166 Å². The first-order chi connectivity index (χ1) is 11.8. The molecule has 1 aliphatic carbocycles. The van der Waals surface area contributed by atoms with E-state index in [9.17, 15) is 14.8 Å². The molecule has 1 fully saturated rings. The highest BCUT2D eigenvalue weighted by Gasteiger charge is 2.44. The van der Waals surface area contributed by atoms with Gasteiger partial charge in [0, 0.05) is 24.3 Å². The van der Waals surface area contributed by atoms with Crippen LogP contribution in [0.4, 0.5) is 0 Å². The molecular formula is C18H28BCl2NO4. The first-order valence-corrected chi connectivity index (χ1v) is 9.33. The van der Waals surface area contributed by atoms with Crippen LogP contribution < -0.4 is 5.73 Å². The standard InChI is InChI=1S/C18H27BClNO4.ClH/c1-2-3-4-5-17(22)25-18(21)11-14(10-15(12-18)19(23)24)13-6-8-16(20)9-7-13;/h6-9,14-15,23-24H,2-5,10-12,21H2,1H3;1H. The first kappa shape index (κ1) is 23.3. The Morgan fingerprint density at radius 2 is 1.96 bits per heavy atom. The summed E-state index contributed by atoms with van der Waals surface area (Å²) in [6.07, 6.45) is 4.39. The molecule has 5 nitrogen and oxygen atoms in total. The minimum Gasteiger partial charge on any atom is -0.444 e. The van der Waals surface area contributed by atoms with Gasteiger partial charge >= 0.3 is 13.1 Å². The van der Waals surface area contributed by atoms with Crippen LogP contribution in [-0.2, 0) is 9.53 Å². The Kier molecular flexibility index (Phi) is 9.41. The lowest BCUT2D eigenvalue weighted by atomic mass is 9.59. The Hall–Kier alpha value is -0.785. The van der Waals surface area contributed by atoms with Gasteiger partial charge in [0.15, 0.2) is 5.72 Å². The number of carbonyl (C=O) groups excluding carboxylic acids is 1. The molecule has 3 unspecified atom stereocenters. The third kappa shape index (κ3) is 6.74. The molecule has 4 N–H and O–H groups in total. The Morgan fingerprint density at radius 3 is 2.54 bits per heavy atom. The molecule has 0 amide bonds. The van der Waals surface area contributed by atoms with Crippen LogP contribution in [0.25, 0.3) is 0 Å². The van der Waals surface area contributed by atoms with Crippen molar-refractivity contribution in [1.82, 2.24) is 0 Å². The molecule has 0 spiro atoms. The summed E-state index contributed by atoms with van der Waals surface area (Å²) in [4.78, 5) is 12.1. The summed E-state index contributed by atoms with van der Waals surface area (Å²) in [5.74, 6) is -0.784. The number of nitrogens with two attached hydrogens (primary N) is 1. The maximum Gasteiger partial charge on any atom is 0.454 e. The summed E-state index contributed by atoms with van der Waals surface area (Å²) in [5.41, 5.74) is 6.18. The lowest BCUT2D eigenvalue weighted by Crippen LogP contribution is -2.51. The van der Waals surface area contributed by atoms with E-state index in [1.165, 1.54) is 0 Å². The lowest BCUT2D eigenvalue weighted by Gasteiger charge is -2.41. The highest BCUT2D eigenvalue weighted by atomic mass is 35.5. The predicted octanol–water partition coefficient (Wildman–Crippen LogP) is 3.65. The van der Waals surface area contributed by atoms with Crippen LogP contribution in [0.2, 0.25) is 10.8 Å². The molecule has 0 aliphatic heterocycles. The fourth-order valence-corrected chi connectivity index (χ4v) is 3.70. The van der Waals surface area contributed by atoms with Crippen LogP contribution in [-0.4, -0.2) is 28.9 Å². The van der Waals surface area contributed by atoms with Gasteiger partial charge in [-0.2, -0.15) is 0 Å². The number of unbranched alkanes of at least 4 members (excludes halogenated alkanes) is 2. The topological polar surface area (TPSA) is 92.8 Å². The smallest absolute Gasteiger partial charge is 0.444 e. The van der Waals surface area contributed by atoms with Crippen molar-refractivity contribution in [3.05, 3.63) is 34.9 Å². The molecular weight excluding hydrogens is 376 g/mol. The largest absolute Gasteiger partial charge is 0.454 e. The SMILES string of the molecule is CCCCCC(=O)OC1(N)CC(B(O)O)CC(c2ccc(Cl)cc2)C1.Cl. The number of benzene rings is 1. The van der Waals surface area contributed by atoms with Crippen LogP contribution in [0.5, 0.6) is 0 Å². The molecule has 0 aromatic heterocycles. The fraction of sp³-hybridized carbons (Fsp3) is 0.611. The molecule has 0 bridgehead atoms. The molecule has 146 valence electrons. The van der Waals surface area contributed by atoms with Crippen molar-refractivity contribution in [2.75, 3.05) is 0 Å². The van der Waals surface area contributed by atoms with E-state index in [4.69, 9.17) is 22.1 Å². The molecule has 1 aliphatic rings. The summed E-state index contributed by atoms with van der Waals surface area (Å²) < 4.78 is 5.57. The molecule has 3 atom stereocenters. The number of ether oxygens (including phenoxy) is 1. The second-order valence-electron chi connectivity index (χ2n) is 7.06. The number of halogens is 2. The van der Waals surface area contributed by atoms with Crippen molar-refractivity contribution in [2.24, 2.45) is 5.73 Å². The molecule has 0 saturated heterocycles. The van der Waals surface area contributed by atoms with Gasteiger partial charge in [-0.3, -0.25) is 10.5 Å². The Morgan fingerprint density at radius 1 is 1.31 bits per heavy atom. The molecule has 1 saturated carbocycles. The quantitative estimate of drug-likeness (QED) is 0.279. The van der Waals surface area contributed by atoms with E-state index in [0.29, 0.717) is 24.3 Å². The van der Waals surface area contributed by atoms with Crippen molar-refractivity contribution in [2.45, 2.75) is 69.3 Å². The highest BCUT2D eigenvalue weighted by Crippen LogP contribution is 2.44. The summed E-state index contributed by atoms with van der Waals surface area (Å²) in [6.45, 7) is 2.07. The molecule has 1 aromatic rings. The number of hydrogen-bond acceptors (Lipinski definition) is 5. The number of carbonyl (C=O) groups is 1. The second kappa shape index (κ2) is 10.5. The minimum absolute atomic E-state index is 0. The van der Waals surface area contributed by atoms with Crippen molar-refractivity contribution in [3.63, 3.8) is 0 Å². The monoisotopic (exact) mass is 403 g/mol. The van der Waals surface area contributed by atoms with E-state index >= 15 is 0 Å². The molecule has 8 heteroatoms. The van der Waals surface area contributed by atoms with E-state index in [1.807, 2.05) is 12.1 Å². The van der Waals surface area contributed by atoms with Gasteiger partial charge in [-0.05, 0) is 42.3 Å². The van der Waals surface area contributed by atoms with E-state index < -0.39 is 18.7 Å². The van der Waals surface area contributed by atoms with Crippen LogP contribution in [0.3, 0.4) is 0 Å². The summed E-state index contributed by atoms with van der Waals surface area (Å²) in [6, 6.07) is 7.40. The fourth-order valence-electron chi connectivity index (χ4n) is 3.57. The van der Waals surface area contributed by atoms with Gasteiger partial charge in [-0.25, -0.2) is 0 Å². The summed E-state index contributed by atoms with van der Waals surface area (Å²) >= 11 is 5.94. The third-order valence-corrected chi connectivity index (χ3v) is 5.10. The van der Waals surface area contributed by atoms with Gasteiger partial charge in [-0.1, -0.05) is 43.5 Å². The third-order valence-electron chi connectivity index (χ3n) is 4.85. The van der Waals surface area contributed by atoms with E-state index in [2.05, 4.69) is 6.92 Å². The summed E-state index contributed by atoms with van der Waals surface area (Å²) in [5, 5.41) is 20.0. The second-order valence-corrected chi connectivity index (χ2v) is 7.50. The zero-order valence-electron chi connectivity index (χ0n) is 15.1. The van der Waals surface area contributed by atoms with Crippen LogP contribution >= 0.6 is 24.0 Å². The lowest BCUT2D eigenvalue weighted by molar-refractivity contribution is -0.163.